The number of rotatable bonds is 7. The van der Waals surface area contributed by atoms with Crippen LogP contribution < -0.4 is 10.9 Å². The van der Waals surface area contributed by atoms with Crippen LogP contribution in [0.5, 0.6) is 0 Å². The summed E-state index contributed by atoms with van der Waals surface area (Å²) in [6.07, 6.45) is 6.35. The Bertz CT molecular complexity index is 1750. The molecule has 3 heterocycles. The molecule has 0 atom stereocenters. The Kier molecular flexibility index (Phi) is 8.98. The Balaban J connectivity index is 1.19. The van der Waals surface area contributed by atoms with Crippen molar-refractivity contribution >= 4 is 23.0 Å². The van der Waals surface area contributed by atoms with Crippen LogP contribution in [0, 0.1) is 17.6 Å². The van der Waals surface area contributed by atoms with Crippen LogP contribution in [0.2, 0.25) is 0 Å². The van der Waals surface area contributed by atoms with Gasteiger partial charge in [-0.05, 0) is 81.3 Å². The normalized spacial score (nSPS) is 14.1. The first-order chi connectivity index (χ1) is 20.9. The van der Waals surface area contributed by atoms with Gasteiger partial charge in [-0.1, -0.05) is 12.1 Å². The predicted octanol–water partition coefficient (Wildman–Crippen LogP) is 4.63. The van der Waals surface area contributed by atoms with Gasteiger partial charge in [-0.25, -0.2) is 23.5 Å². The van der Waals surface area contributed by atoms with Crippen LogP contribution in [0.3, 0.4) is 0 Å². The first-order valence-electron chi connectivity index (χ1n) is 14.4. The molecule has 1 aliphatic heterocycles. The maximum atomic E-state index is 13.6. The van der Waals surface area contributed by atoms with Gasteiger partial charge in [0, 0.05) is 32.0 Å². The molecular formula is C32H34F2N6O4. The number of halogens is 2. The summed E-state index contributed by atoms with van der Waals surface area (Å²) in [5.41, 5.74) is 2.09. The van der Waals surface area contributed by atoms with E-state index in [1.165, 1.54) is 18.6 Å². The maximum Gasteiger partial charge on any atom is 0.410 e. The largest absolute Gasteiger partial charge is 0.444 e. The molecule has 1 saturated heterocycles. The van der Waals surface area contributed by atoms with Crippen molar-refractivity contribution < 1.29 is 23.1 Å². The van der Waals surface area contributed by atoms with E-state index in [1.807, 2.05) is 39.0 Å². The molecule has 0 spiro atoms. The van der Waals surface area contributed by atoms with Gasteiger partial charge in [-0.2, -0.15) is 0 Å². The zero-order valence-electron chi connectivity index (χ0n) is 24.8. The second-order valence-corrected chi connectivity index (χ2v) is 12.0. The number of aromatic nitrogens is 4. The second-order valence-electron chi connectivity index (χ2n) is 12.0. The van der Waals surface area contributed by atoms with Gasteiger partial charge in [0.25, 0.3) is 11.5 Å². The fraction of sp³-hybridized carbons (Fsp3) is 0.375. The number of hydrogen-bond donors (Lipinski definition) is 1. The monoisotopic (exact) mass is 604 g/mol. The number of benzene rings is 2. The lowest BCUT2D eigenvalue weighted by Gasteiger charge is -2.33. The standard InChI is InChI=1S/C32H34F2N6O4/c1-32(2,3)44-31(43)39-10-8-20(9-11-39)12-23-16-36-27-7-5-21(14-28(27)38-23)15-37-29(41)24-17-35-19-40(30(24)42)18-22-4-6-25(33)26(34)13-22/h4-7,13-14,16-17,19-20H,8-12,15,18H2,1-3H3,(H,37,41). The molecule has 44 heavy (non-hydrogen) atoms. The fourth-order valence-corrected chi connectivity index (χ4v) is 5.08. The molecule has 1 N–H and O–H groups in total. The number of amides is 2. The summed E-state index contributed by atoms with van der Waals surface area (Å²) in [6, 6.07) is 8.84. The topological polar surface area (TPSA) is 119 Å². The summed E-state index contributed by atoms with van der Waals surface area (Å²) in [5.74, 6) is -2.25. The van der Waals surface area contributed by atoms with Crippen molar-refractivity contribution in [2.45, 2.75) is 58.7 Å². The quantitative estimate of drug-likeness (QED) is 0.327. The van der Waals surface area contributed by atoms with Gasteiger partial charge in [0.05, 0.1) is 29.6 Å². The molecule has 0 unspecified atom stereocenters. The number of carbonyl (C=O) groups is 2. The fourth-order valence-electron chi connectivity index (χ4n) is 5.08. The zero-order valence-corrected chi connectivity index (χ0v) is 24.8. The van der Waals surface area contributed by atoms with Crippen LogP contribution in [-0.4, -0.2) is 55.1 Å². The van der Waals surface area contributed by atoms with E-state index in [1.54, 1.807) is 11.1 Å². The summed E-state index contributed by atoms with van der Waals surface area (Å²) in [7, 11) is 0. The van der Waals surface area contributed by atoms with E-state index in [0.717, 1.165) is 52.7 Å². The second kappa shape index (κ2) is 12.9. The van der Waals surface area contributed by atoms with E-state index in [0.29, 0.717) is 30.1 Å². The Morgan fingerprint density at radius 2 is 1.75 bits per heavy atom. The molecule has 2 aromatic carbocycles. The van der Waals surface area contributed by atoms with Crippen LogP contribution in [0.15, 0.2) is 59.9 Å². The number of fused-ring (bicyclic) bond motifs is 1. The van der Waals surface area contributed by atoms with Gasteiger partial charge in [-0.3, -0.25) is 19.1 Å². The lowest BCUT2D eigenvalue weighted by molar-refractivity contribution is 0.0184. The van der Waals surface area contributed by atoms with Crippen molar-refractivity contribution in [2.75, 3.05) is 13.1 Å². The van der Waals surface area contributed by atoms with Gasteiger partial charge in [0.1, 0.15) is 11.2 Å². The molecule has 0 radical (unpaired) electrons. The highest BCUT2D eigenvalue weighted by molar-refractivity contribution is 5.93. The number of carbonyl (C=O) groups excluding carboxylic acids is 2. The summed E-state index contributed by atoms with van der Waals surface area (Å²) in [5, 5.41) is 2.74. The molecule has 10 nitrogen and oxygen atoms in total. The smallest absolute Gasteiger partial charge is 0.410 e. The van der Waals surface area contributed by atoms with E-state index < -0.39 is 28.7 Å². The Labute approximate surface area is 253 Å². The van der Waals surface area contributed by atoms with Crippen molar-refractivity contribution in [3.63, 3.8) is 0 Å². The zero-order chi connectivity index (χ0) is 31.4. The molecule has 5 rings (SSSR count). The first kappa shape index (κ1) is 30.7. The van der Waals surface area contributed by atoms with Crippen molar-refractivity contribution in [2.24, 2.45) is 5.92 Å². The van der Waals surface area contributed by atoms with E-state index in [4.69, 9.17) is 9.72 Å². The highest BCUT2D eigenvalue weighted by Crippen LogP contribution is 2.23. The minimum absolute atomic E-state index is 0.0707. The van der Waals surface area contributed by atoms with Crippen LogP contribution in [0.25, 0.3) is 11.0 Å². The molecule has 12 heteroatoms. The number of nitrogens with one attached hydrogen (secondary N) is 1. The summed E-state index contributed by atoms with van der Waals surface area (Å²) < 4.78 is 33.5. The van der Waals surface area contributed by atoms with Gasteiger partial charge in [0.2, 0.25) is 0 Å². The van der Waals surface area contributed by atoms with Crippen molar-refractivity contribution in [1.82, 2.24) is 29.7 Å². The number of hydrogen-bond acceptors (Lipinski definition) is 7. The van der Waals surface area contributed by atoms with Gasteiger partial charge >= 0.3 is 6.09 Å². The average molecular weight is 605 g/mol. The highest BCUT2D eigenvalue weighted by atomic mass is 19.2. The van der Waals surface area contributed by atoms with E-state index in [9.17, 15) is 23.2 Å². The molecule has 0 bridgehead atoms. The highest BCUT2D eigenvalue weighted by Gasteiger charge is 2.27. The molecule has 0 saturated carbocycles. The molecule has 1 aliphatic rings. The van der Waals surface area contributed by atoms with E-state index in [-0.39, 0.29) is 24.7 Å². The Hall–Kier alpha value is -4.74. The van der Waals surface area contributed by atoms with Crippen molar-refractivity contribution in [3.8, 4) is 0 Å². The van der Waals surface area contributed by atoms with Crippen LogP contribution in [-0.2, 0) is 24.2 Å². The molecule has 1 fully saturated rings. The SMILES string of the molecule is CC(C)(C)OC(=O)N1CCC(Cc2cnc3ccc(CNC(=O)c4cncn(Cc5ccc(F)c(F)c5)c4=O)cc3n2)CC1. The van der Waals surface area contributed by atoms with Crippen LogP contribution in [0.1, 0.15) is 60.8 Å². The van der Waals surface area contributed by atoms with Crippen LogP contribution in [0.4, 0.5) is 13.6 Å². The number of likely N-dealkylation sites (tertiary alicyclic amines) is 1. The van der Waals surface area contributed by atoms with Gasteiger partial charge in [-0.15, -0.1) is 0 Å². The third kappa shape index (κ3) is 7.61. The molecule has 4 aromatic rings. The van der Waals surface area contributed by atoms with Crippen molar-refractivity contribution in [1.29, 1.82) is 0 Å². The molecule has 2 aromatic heterocycles. The number of ether oxygens (including phenoxy) is 1. The van der Waals surface area contributed by atoms with Gasteiger partial charge < -0.3 is 15.0 Å². The molecule has 0 aliphatic carbocycles. The number of nitrogens with zero attached hydrogens (tertiary/aromatic N) is 5. The minimum Gasteiger partial charge on any atom is -0.444 e. The van der Waals surface area contributed by atoms with E-state index >= 15 is 0 Å². The Morgan fingerprint density at radius 3 is 2.48 bits per heavy atom. The summed E-state index contributed by atoms with van der Waals surface area (Å²) in [6.45, 7) is 6.92. The first-order valence-corrected chi connectivity index (χ1v) is 14.4. The summed E-state index contributed by atoms with van der Waals surface area (Å²) in [4.78, 5) is 53.2. The minimum atomic E-state index is -1.02. The van der Waals surface area contributed by atoms with Gasteiger partial charge in [0.15, 0.2) is 11.6 Å². The Morgan fingerprint density at radius 1 is 1.00 bits per heavy atom. The van der Waals surface area contributed by atoms with Crippen molar-refractivity contribution in [3.05, 3.63) is 99.5 Å². The molecule has 2 amide bonds. The molecular weight excluding hydrogens is 570 g/mol. The summed E-state index contributed by atoms with van der Waals surface area (Å²) >= 11 is 0. The predicted molar refractivity (Wildman–Crippen MR) is 159 cm³/mol. The lowest BCUT2D eigenvalue weighted by Crippen LogP contribution is -2.42. The molecule has 230 valence electrons. The van der Waals surface area contributed by atoms with E-state index in [2.05, 4.69) is 15.3 Å². The average Bonchev–Trinajstić information content (AvgIpc) is 2.98. The lowest BCUT2D eigenvalue weighted by atomic mass is 9.92. The van der Waals surface area contributed by atoms with Crippen LogP contribution >= 0.6 is 0 Å². The third-order valence-corrected chi connectivity index (χ3v) is 7.36. The number of piperidine rings is 1. The third-order valence-electron chi connectivity index (χ3n) is 7.36. The maximum absolute atomic E-state index is 13.6.